The minimum atomic E-state index is -0.552. The lowest BCUT2D eigenvalue weighted by Crippen LogP contribution is -2.33. The fourth-order valence-electron chi connectivity index (χ4n) is 1.83. The molecule has 0 aliphatic heterocycles. The largest absolute Gasteiger partial charge is 0.382 e. The van der Waals surface area contributed by atoms with Crippen LogP contribution in [0.25, 0.3) is 0 Å². The standard InChI is InChI=1S/C15H23F2N3O/c1-2-21-8-4-7-20-15(18)19-6-3-5-12-9-13(16)11-14(17)10-12/h9-11H,2-8H2,1H3,(H3,18,19,20). The highest BCUT2D eigenvalue weighted by molar-refractivity contribution is 5.77. The molecule has 0 fully saturated rings. The van der Waals surface area contributed by atoms with Crippen molar-refractivity contribution in [2.75, 3.05) is 26.3 Å². The Labute approximate surface area is 124 Å². The average molecular weight is 299 g/mol. The maximum absolute atomic E-state index is 13.0. The van der Waals surface area contributed by atoms with Crippen molar-refractivity contribution >= 4 is 5.96 Å². The summed E-state index contributed by atoms with van der Waals surface area (Å²) >= 11 is 0. The molecule has 0 spiro atoms. The van der Waals surface area contributed by atoms with Gasteiger partial charge in [-0.1, -0.05) is 0 Å². The van der Waals surface area contributed by atoms with Crippen molar-refractivity contribution < 1.29 is 13.5 Å². The Morgan fingerprint density at radius 3 is 2.62 bits per heavy atom. The van der Waals surface area contributed by atoms with E-state index < -0.39 is 11.6 Å². The molecule has 1 rings (SSSR count). The molecule has 6 heteroatoms. The molecule has 0 saturated carbocycles. The van der Waals surface area contributed by atoms with Gasteiger partial charge in [-0.2, -0.15) is 0 Å². The van der Waals surface area contributed by atoms with Gasteiger partial charge in [0.15, 0.2) is 5.96 Å². The first-order valence-corrected chi connectivity index (χ1v) is 7.18. The molecule has 21 heavy (non-hydrogen) atoms. The molecule has 0 unspecified atom stereocenters. The molecule has 4 nitrogen and oxygen atoms in total. The van der Waals surface area contributed by atoms with Gasteiger partial charge in [0.25, 0.3) is 0 Å². The molecule has 0 aromatic heterocycles. The van der Waals surface area contributed by atoms with Gasteiger partial charge in [-0.05, 0) is 43.9 Å². The smallest absolute Gasteiger partial charge is 0.188 e. The van der Waals surface area contributed by atoms with Crippen molar-refractivity contribution in [3.8, 4) is 0 Å². The second-order valence-corrected chi connectivity index (χ2v) is 4.63. The number of hydrogen-bond acceptors (Lipinski definition) is 2. The van der Waals surface area contributed by atoms with Crippen LogP contribution in [0.5, 0.6) is 0 Å². The Morgan fingerprint density at radius 1 is 1.24 bits per heavy atom. The number of guanidine groups is 1. The molecule has 0 radical (unpaired) electrons. The van der Waals surface area contributed by atoms with Crippen LogP contribution in [0.4, 0.5) is 8.78 Å². The van der Waals surface area contributed by atoms with Crippen molar-refractivity contribution in [2.24, 2.45) is 10.7 Å². The number of nitrogens with zero attached hydrogens (tertiary/aromatic N) is 1. The molecule has 0 heterocycles. The number of aryl methyl sites for hydroxylation is 1. The normalized spacial score (nSPS) is 11.7. The zero-order valence-corrected chi connectivity index (χ0v) is 12.4. The molecule has 118 valence electrons. The number of nitrogens with one attached hydrogen (secondary N) is 1. The van der Waals surface area contributed by atoms with E-state index in [9.17, 15) is 8.78 Å². The maximum atomic E-state index is 13.0. The van der Waals surface area contributed by atoms with E-state index in [1.54, 1.807) is 0 Å². The van der Waals surface area contributed by atoms with Gasteiger partial charge in [-0.15, -0.1) is 0 Å². The van der Waals surface area contributed by atoms with E-state index in [4.69, 9.17) is 10.5 Å². The van der Waals surface area contributed by atoms with Crippen molar-refractivity contribution in [2.45, 2.75) is 26.2 Å². The third-order valence-electron chi connectivity index (χ3n) is 2.80. The number of aliphatic imine (C=N–C) groups is 1. The summed E-state index contributed by atoms with van der Waals surface area (Å²) in [6, 6.07) is 3.54. The van der Waals surface area contributed by atoms with E-state index in [0.29, 0.717) is 50.7 Å². The highest BCUT2D eigenvalue weighted by atomic mass is 19.1. The van der Waals surface area contributed by atoms with Gasteiger partial charge < -0.3 is 15.8 Å². The molecule has 0 aliphatic rings. The summed E-state index contributed by atoms with van der Waals surface area (Å²) in [7, 11) is 0. The summed E-state index contributed by atoms with van der Waals surface area (Å²) < 4.78 is 31.2. The van der Waals surface area contributed by atoms with Gasteiger partial charge in [0, 0.05) is 32.4 Å². The summed E-state index contributed by atoms with van der Waals surface area (Å²) in [6.07, 6.45) is 2.12. The molecule has 1 aromatic rings. The Morgan fingerprint density at radius 2 is 1.95 bits per heavy atom. The molecule has 3 N–H and O–H groups in total. The summed E-state index contributed by atoms with van der Waals surface area (Å²) in [5.74, 6) is -0.718. The molecule has 0 saturated heterocycles. The highest BCUT2D eigenvalue weighted by Gasteiger charge is 2.00. The molecule has 0 aliphatic carbocycles. The number of ether oxygens (including phenoxy) is 1. The molecule has 0 bridgehead atoms. The van der Waals surface area contributed by atoms with Gasteiger partial charge in [0.05, 0.1) is 0 Å². The predicted octanol–water partition coefficient (Wildman–Crippen LogP) is 2.23. The Bertz CT molecular complexity index is 432. The first kappa shape index (κ1) is 17.4. The maximum Gasteiger partial charge on any atom is 0.188 e. The van der Waals surface area contributed by atoms with E-state index in [0.717, 1.165) is 12.5 Å². The molecular weight excluding hydrogens is 276 g/mol. The van der Waals surface area contributed by atoms with Crippen molar-refractivity contribution in [1.29, 1.82) is 0 Å². The van der Waals surface area contributed by atoms with Crippen LogP contribution in [0.15, 0.2) is 23.2 Å². The van der Waals surface area contributed by atoms with Gasteiger partial charge in [0.1, 0.15) is 11.6 Å². The number of rotatable bonds is 9. The van der Waals surface area contributed by atoms with Crippen LogP contribution in [0, 0.1) is 11.6 Å². The van der Waals surface area contributed by atoms with Crippen LogP contribution in [-0.2, 0) is 11.2 Å². The summed E-state index contributed by atoms with van der Waals surface area (Å²) in [5, 5.41) is 2.99. The third kappa shape index (κ3) is 8.24. The Hall–Kier alpha value is -1.69. The molecule has 1 aromatic carbocycles. The number of hydrogen-bond donors (Lipinski definition) is 2. The minimum Gasteiger partial charge on any atom is -0.382 e. The number of halogens is 2. The quantitative estimate of drug-likeness (QED) is 0.417. The first-order chi connectivity index (χ1) is 10.1. The van der Waals surface area contributed by atoms with Gasteiger partial charge in [0.2, 0.25) is 0 Å². The average Bonchev–Trinajstić information content (AvgIpc) is 2.42. The van der Waals surface area contributed by atoms with Gasteiger partial charge >= 0.3 is 0 Å². The van der Waals surface area contributed by atoms with E-state index in [2.05, 4.69) is 10.3 Å². The van der Waals surface area contributed by atoms with E-state index >= 15 is 0 Å². The lowest BCUT2D eigenvalue weighted by molar-refractivity contribution is 0.145. The van der Waals surface area contributed by atoms with Gasteiger partial charge in [-0.25, -0.2) is 8.78 Å². The van der Waals surface area contributed by atoms with E-state index in [1.165, 1.54) is 12.1 Å². The van der Waals surface area contributed by atoms with Crippen LogP contribution >= 0.6 is 0 Å². The Balaban J connectivity index is 2.18. The summed E-state index contributed by atoms with van der Waals surface area (Å²) in [6.45, 7) is 4.59. The Kier molecular flexibility index (Phi) is 8.35. The SMILES string of the molecule is CCOCCCNC(N)=NCCCc1cc(F)cc(F)c1. The lowest BCUT2D eigenvalue weighted by Gasteiger charge is -2.06. The van der Waals surface area contributed by atoms with Crippen molar-refractivity contribution in [3.05, 3.63) is 35.4 Å². The second-order valence-electron chi connectivity index (χ2n) is 4.63. The lowest BCUT2D eigenvalue weighted by atomic mass is 10.1. The fraction of sp³-hybridized carbons (Fsp3) is 0.533. The van der Waals surface area contributed by atoms with Crippen LogP contribution in [-0.4, -0.2) is 32.3 Å². The summed E-state index contributed by atoms with van der Waals surface area (Å²) in [4.78, 5) is 4.16. The second kappa shape index (κ2) is 10.1. The summed E-state index contributed by atoms with van der Waals surface area (Å²) in [5.41, 5.74) is 6.32. The van der Waals surface area contributed by atoms with E-state index in [1.807, 2.05) is 6.92 Å². The molecular formula is C15H23F2N3O. The van der Waals surface area contributed by atoms with Crippen molar-refractivity contribution in [3.63, 3.8) is 0 Å². The van der Waals surface area contributed by atoms with Gasteiger partial charge in [-0.3, -0.25) is 4.99 Å². The predicted molar refractivity (Wildman–Crippen MR) is 80.3 cm³/mol. The monoisotopic (exact) mass is 299 g/mol. The zero-order valence-electron chi connectivity index (χ0n) is 12.4. The third-order valence-corrected chi connectivity index (χ3v) is 2.80. The zero-order chi connectivity index (χ0) is 15.5. The fourth-order valence-corrected chi connectivity index (χ4v) is 1.83. The minimum absolute atomic E-state index is 0.386. The van der Waals surface area contributed by atoms with Crippen LogP contribution in [0.1, 0.15) is 25.3 Å². The topological polar surface area (TPSA) is 59.6 Å². The molecule has 0 amide bonds. The molecule has 0 atom stereocenters. The number of nitrogens with two attached hydrogens (primary N) is 1. The van der Waals surface area contributed by atoms with Crippen LogP contribution in [0.3, 0.4) is 0 Å². The van der Waals surface area contributed by atoms with E-state index in [-0.39, 0.29) is 0 Å². The first-order valence-electron chi connectivity index (χ1n) is 7.18. The van der Waals surface area contributed by atoms with Crippen LogP contribution in [0.2, 0.25) is 0 Å². The van der Waals surface area contributed by atoms with Crippen LogP contribution < -0.4 is 11.1 Å². The number of benzene rings is 1. The highest BCUT2D eigenvalue weighted by Crippen LogP contribution is 2.09. The van der Waals surface area contributed by atoms with Crippen molar-refractivity contribution in [1.82, 2.24) is 5.32 Å².